The van der Waals surface area contributed by atoms with Crippen molar-refractivity contribution in [3.8, 4) is 12.1 Å². The van der Waals surface area contributed by atoms with E-state index in [-0.39, 0.29) is 0 Å². The molecule has 0 heterocycles. The second kappa shape index (κ2) is 10.8. The summed E-state index contributed by atoms with van der Waals surface area (Å²) in [7, 11) is 3.92. The lowest BCUT2D eigenvalue weighted by atomic mass is 9.99. The van der Waals surface area contributed by atoms with E-state index in [1.54, 1.807) is 56.5 Å². The van der Waals surface area contributed by atoms with Gasteiger partial charge in [0.15, 0.2) is 0 Å². The summed E-state index contributed by atoms with van der Waals surface area (Å²) >= 11 is 0. The summed E-state index contributed by atoms with van der Waals surface area (Å²) in [6.07, 6.45) is 1.57. The Hall–Kier alpha value is -4.62. The number of nitrogens with zero attached hydrogens (tertiary/aromatic N) is 6. The van der Waals surface area contributed by atoms with Crippen molar-refractivity contribution in [1.82, 2.24) is 0 Å². The molecule has 34 heavy (non-hydrogen) atoms. The van der Waals surface area contributed by atoms with E-state index in [1.165, 1.54) is 0 Å². The number of hydrogen-bond donors (Lipinski definition) is 0. The van der Waals surface area contributed by atoms with E-state index in [9.17, 15) is 15.4 Å². The van der Waals surface area contributed by atoms with Crippen LogP contribution in [0.15, 0.2) is 75.8 Å². The summed E-state index contributed by atoms with van der Waals surface area (Å²) in [5.41, 5.74) is 5.98. The summed E-state index contributed by atoms with van der Waals surface area (Å²) in [5.74, 6) is -0.570. The molecule has 0 saturated carbocycles. The molecule has 0 aliphatic carbocycles. The molecule has 168 valence electrons. The van der Waals surface area contributed by atoms with Crippen LogP contribution in [-0.2, 0) is 0 Å². The molecule has 7 nitrogen and oxygen atoms in total. The third-order valence-electron chi connectivity index (χ3n) is 5.34. The van der Waals surface area contributed by atoms with Gasteiger partial charge in [-0.25, -0.2) is 4.99 Å². The second-order valence-electron chi connectivity index (χ2n) is 8.01. The van der Waals surface area contributed by atoms with Gasteiger partial charge in [0, 0.05) is 31.6 Å². The maximum Gasteiger partial charge on any atom is 0.148 e. The Morgan fingerprint density at radius 3 is 2.06 bits per heavy atom. The first kappa shape index (κ1) is 24.0. The van der Waals surface area contributed by atoms with Gasteiger partial charge < -0.3 is 4.90 Å². The highest BCUT2D eigenvalue weighted by Gasteiger charge is 2.11. The van der Waals surface area contributed by atoms with Gasteiger partial charge in [-0.1, -0.05) is 24.3 Å². The summed E-state index contributed by atoms with van der Waals surface area (Å²) in [6, 6.07) is 22.7. The molecule has 0 radical (unpaired) electrons. The molecule has 0 spiro atoms. The zero-order valence-corrected chi connectivity index (χ0v) is 19.5. The number of aryl methyl sites for hydroxylation is 2. The van der Waals surface area contributed by atoms with Crippen LogP contribution < -0.4 is 4.90 Å². The first-order valence-corrected chi connectivity index (χ1v) is 10.6. The highest BCUT2D eigenvalue weighted by atomic mass is 16.3. The molecule has 0 fully saturated rings. The number of nitriles is 2. The minimum absolute atomic E-state index is 0.293. The summed E-state index contributed by atoms with van der Waals surface area (Å²) in [5, 5.41) is 22.3. The number of anilines is 1. The molecule has 0 aromatic heterocycles. The van der Waals surface area contributed by atoms with Crippen LogP contribution in [0.2, 0.25) is 0 Å². The lowest BCUT2D eigenvalue weighted by Gasteiger charge is -2.11. The molecule has 0 saturated heterocycles. The van der Waals surface area contributed by atoms with Crippen LogP contribution in [0.5, 0.6) is 0 Å². The van der Waals surface area contributed by atoms with Gasteiger partial charge in [-0.2, -0.15) is 10.5 Å². The molecule has 3 aromatic carbocycles. The highest BCUT2D eigenvalue weighted by molar-refractivity contribution is 6.12. The highest BCUT2D eigenvalue weighted by Crippen LogP contribution is 2.29. The Balaban J connectivity index is 1.81. The Morgan fingerprint density at radius 1 is 0.941 bits per heavy atom. The normalized spacial score (nSPS) is 12.1. The molecule has 7 heteroatoms. The standard InChI is InChI=1S/C27H24N6O/c1-18-13-24(14-19(2)27(18)32-34)30-17-22(15-28)20-5-7-21(8-6-20)26(16-29)31-23-9-11-25(12-10-23)33(3)4/h5-14,17,22H,1-4H3/t22-/m1/s1. The Kier molecular flexibility index (Phi) is 7.63. The summed E-state index contributed by atoms with van der Waals surface area (Å²) < 4.78 is 0. The van der Waals surface area contributed by atoms with E-state index in [0.717, 1.165) is 22.4 Å². The van der Waals surface area contributed by atoms with E-state index >= 15 is 0 Å². The van der Waals surface area contributed by atoms with Gasteiger partial charge in [-0.3, -0.25) is 4.99 Å². The first-order chi connectivity index (χ1) is 16.4. The number of aliphatic imine (C=N–C) groups is 2. The first-order valence-electron chi connectivity index (χ1n) is 10.6. The molecule has 0 bridgehead atoms. The third kappa shape index (κ3) is 5.59. The van der Waals surface area contributed by atoms with E-state index in [1.807, 2.05) is 43.3 Å². The number of hydrogen-bond acceptors (Lipinski definition) is 7. The fourth-order valence-corrected chi connectivity index (χ4v) is 3.46. The van der Waals surface area contributed by atoms with Gasteiger partial charge in [0.25, 0.3) is 0 Å². The molecular formula is C27H24N6O. The Morgan fingerprint density at radius 2 is 1.56 bits per heavy atom. The molecule has 0 amide bonds. The van der Waals surface area contributed by atoms with Gasteiger partial charge >= 0.3 is 0 Å². The maximum absolute atomic E-state index is 10.9. The zero-order chi connectivity index (χ0) is 24.7. The van der Waals surface area contributed by atoms with Gasteiger partial charge in [0.05, 0.1) is 17.4 Å². The van der Waals surface area contributed by atoms with Crippen LogP contribution in [0, 0.1) is 41.4 Å². The monoisotopic (exact) mass is 448 g/mol. The zero-order valence-electron chi connectivity index (χ0n) is 19.5. The van der Waals surface area contributed by atoms with Crippen LogP contribution in [0.1, 0.15) is 28.2 Å². The summed E-state index contributed by atoms with van der Waals surface area (Å²) in [4.78, 5) is 21.8. The lowest BCUT2D eigenvalue weighted by Crippen LogP contribution is -2.07. The molecule has 0 aliphatic rings. The number of rotatable bonds is 7. The number of benzene rings is 3. The van der Waals surface area contributed by atoms with Crippen molar-refractivity contribution in [3.05, 3.63) is 87.8 Å². The van der Waals surface area contributed by atoms with Crippen LogP contribution in [0.3, 0.4) is 0 Å². The smallest absolute Gasteiger partial charge is 0.148 e. The molecule has 0 N–H and O–H groups in total. The van der Waals surface area contributed by atoms with Crippen molar-refractivity contribution >= 4 is 34.7 Å². The lowest BCUT2D eigenvalue weighted by molar-refractivity contribution is 1.13. The van der Waals surface area contributed by atoms with E-state index in [4.69, 9.17) is 0 Å². The van der Waals surface area contributed by atoms with E-state index in [0.29, 0.717) is 28.3 Å². The van der Waals surface area contributed by atoms with Crippen molar-refractivity contribution in [2.24, 2.45) is 15.2 Å². The number of nitroso groups, excluding NO2 is 1. The molecule has 3 aromatic rings. The average molecular weight is 449 g/mol. The van der Waals surface area contributed by atoms with Crippen molar-refractivity contribution in [2.75, 3.05) is 19.0 Å². The van der Waals surface area contributed by atoms with Gasteiger partial charge in [-0.15, -0.1) is 4.91 Å². The van der Waals surface area contributed by atoms with Crippen LogP contribution in [0.25, 0.3) is 0 Å². The molecule has 0 unspecified atom stereocenters. The Labute approximate surface area is 199 Å². The van der Waals surface area contributed by atoms with Crippen molar-refractivity contribution < 1.29 is 0 Å². The quantitative estimate of drug-likeness (QED) is 0.307. The molecule has 0 aliphatic heterocycles. The van der Waals surface area contributed by atoms with E-state index < -0.39 is 5.92 Å². The minimum Gasteiger partial charge on any atom is -0.378 e. The largest absolute Gasteiger partial charge is 0.378 e. The van der Waals surface area contributed by atoms with Crippen LogP contribution in [-0.4, -0.2) is 26.0 Å². The van der Waals surface area contributed by atoms with E-state index in [2.05, 4.69) is 27.3 Å². The van der Waals surface area contributed by atoms with Crippen molar-refractivity contribution in [1.29, 1.82) is 10.5 Å². The fraction of sp³-hybridized carbons (Fsp3) is 0.185. The van der Waals surface area contributed by atoms with Gasteiger partial charge in [0.1, 0.15) is 23.4 Å². The third-order valence-corrected chi connectivity index (χ3v) is 5.34. The second-order valence-corrected chi connectivity index (χ2v) is 8.01. The topological polar surface area (TPSA) is 105 Å². The van der Waals surface area contributed by atoms with Crippen molar-refractivity contribution in [3.63, 3.8) is 0 Å². The van der Waals surface area contributed by atoms with Crippen LogP contribution >= 0.6 is 0 Å². The molecule has 3 rings (SSSR count). The maximum atomic E-state index is 10.9. The van der Waals surface area contributed by atoms with Crippen LogP contribution in [0.4, 0.5) is 22.7 Å². The van der Waals surface area contributed by atoms with Gasteiger partial charge in [-0.05, 0) is 72.1 Å². The SMILES string of the molecule is Cc1cc(N=C[C@@H](C#N)c2ccc(C(C#N)=Nc3ccc(N(C)C)cc3)cc2)cc(C)c1N=O. The average Bonchev–Trinajstić information content (AvgIpc) is 2.83. The predicted molar refractivity (Wildman–Crippen MR) is 137 cm³/mol. The minimum atomic E-state index is -0.570. The predicted octanol–water partition coefficient (Wildman–Crippen LogP) is 6.42. The van der Waals surface area contributed by atoms with Gasteiger partial charge in [0.2, 0.25) is 0 Å². The van der Waals surface area contributed by atoms with Crippen molar-refractivity contribution in [2.45, 2.75) is 19.8 Å². The molecule has 1 atom stereocenters. The summed E-state index contributed by atoms with van der Waals surface area (Å²) in [6.45, 7) is 3.60. The Bertz CT molecular complexity index is 1300. The molecular weight excluding hydrogens is 424 g/mol. The fourth-order valence-electron chi connectivity index (χ4n) is 3.46.